The van der Waals surface area contributed by atoms with Crippen molar-refractivity contribution in [1.29, 1.82) is 0 Å². The van der Waals surface area contributed by atoms with Gasteiger partial charge in [0.25, 0.3) is 0 Å². The summed E-state index contributed by atoms with van der Waals surface area (Å²) in [6.45, 7) is 4.46. The lowest BCUT2D eigenvalue weighted by Gasteiger charge is -2.27. The molecule has 1 aliphatic carbocycles. The average molecular weight is 355 g/mol. The molecule has 0 heterocycles. The zero-order valence-electron chi connectivity index (χ0n) is 16.8. The van der Waals surface area contributed by atoms with E-state index in [1.54, 1.807) is 0 Å². The monoisotopic (exact) mass is 354 g/mol. The van der Waals surface area contributed by atoms with Crippen molar-refractivity contribution < 1.29 is 14.6 Å². The quantitative estimate of drug-likeness (QED) is 0.300. The molecule has 0 aliphatic heterocycles. The van der Waals surface area contributed by atoms with Gasteiger partial charge in [-0.05, 0) is 38.5 Å². The van der Waals surface area contributed by atoms with Crippen LogP contribution in [-0.4, -0.2) is 23.3 Å². The lowest BCUT2D eigenvalue weighted by molar-refractivity contribution is -0.157. The number of aliphatic hydroxyl groups excluding tert-OH is 1. The van der Waals surface area contributed by atoms with Crippen molar-refractivity contribution in [3.05, 3.63) is 0 Å². The highest BCUT2D eigenvalue weighted by Crippen LogP contribution is 2.25. The summed E-state index contributed by atoms with van der Waals surface area (Å²) in [4.78, 5) is 12.6. The van der Waals surface area contributed by atoms with Crippen LogP contribution in [0.3, 0.4) is 0 Å². The Balaban J connectivity index is 2.32. The van der Waals surface area contributed by atoms with Crippen molar-refractivity contribution in [3.8, 4) is 0 Å². The van der Waals surface area contributed by atoms with Gasteiger partial charge in [0.15, 0.2) is 0 Å². The molecule has 0 aromatic rings. The Hall–Kier alpha value is -0.570. The van der Waals surface area contributed by atoms with Gasteiger partial charge < -0.3 is 9.84 Å². The number of ether oxygens (including phenoxy) is 1. The molecule has 0 aromatic heterocycles. The molecule has 1 atom stereocenters. The molecule has 0 spiro atoms. The minimum absolute atomic E-state index is 0.0337. The number of rotatable bonds is 14. The van der Waals surface area contributed by atoms with E-state index in [9.17, 15) is 9.90 Å². The van der Waals surface area contributed by atoms with Crippen molar-refractivity contribution >= 4 is 5.97 Å². The molecule has 25 heavy (non-hydrogen) atoms. The fourth-order valence-electron chi connectivity index (χ4n) is 3.79. The Labute approximate surface area is 155 Å². The molecule has 148 valence electrons. The Kier molecular flexibility index (Phi) is 13.1. The van der Waals surface area contributed by atoms with Crippen molar-refractivity contribution in [2.75, 3.05) is 0 Å². The number of unbranched alkanes of at least 4 members (excludes halogenated alkanes) is 8. The van der Waals surface area contributed by atoms with Crippen molar-refractivity contribution in [3.63, 3.8) is 0 Å². The van der Waals surface area contributed by atoms with Gasteiger partial charge in [0.1, 0.15) is 6.10 Å². The van der Waals surface area contributed by atoms with Gasteiger partial charge >= 0.3 is 5.97 Å². The summed E-state index contributed by atoms with van der Waals surface area (Å²) < 4.78 is 5.80. The Morgan fingerprint density at radius 1 is 0.840 bits per heavy atom. The predicted molar refractivity (Wildman–Crippen MR) is 105 cm³/mol. The van der Waals surface area contributed by atoms with Crippen LogP contribution in [0, 0.1) is 5.92 Å². The zero-order chi connectivity index (χ0) is 18.3. The van der Waals surface area contributed by atoms with Crippen LogP contribution in [0.1, 0.15) is 117 Å². The molecule has 1 fully saturated rings. The third-order valence-corrected chi connectivity index (χ3v) is 5.57. The predicted octanol–water partition coefficient (Wildman–Crippen LogP) is 6.17. The van der Waals surface area contributed by atoms with Gasteiger partial charge in [-0.2, -0.15) is 0 Å². The van der Waals surface area contributed by atoms with Crippen molar-refractivity contribution in [1.82, 2.24) is 0 Å². The highest BCUT2D eigenvalue weighted by molar-refractivity contribution is 5.72. The van der Waals surface area contributed by atoms with Gasteiger partial charge in [-0.1, -0.05) is 78.1 Å². The van der Waals surface area contributed by atoms with Crippen LogP contribution in [0.15, 0.2) is 0 Å². The smallest absolute Gasteiger partial charge is 0.309 e. The van der Waals surface area contributed by atoms with E-state index in [-0.39, 0.29) is 24.1 Å². The van der Waals surface area contributed by atoms with Crippen LogP contribution in [-0.2, 0) is 9.53 Å². The van der Waals surface area contributed by atoms with Crippen LogP contribution in [0.4, 0.5) is 0 Å². The van der Waals surface area contributed by atoms with Crippen molar-refractivity contribution in [2.24, 2.45) is 5.92 Å². The van der Waals surface area contributed by atoms with E-state index in [1.165, 1.54) is 51.4 Å². The van der Waals surface area contributed by atoms with Crippen LogP contribution in [0.25, 0.3) is 0 Å². The molecule has 3 heteroatoms. The molecule has 0 aromatic carbocycles. The van der Waals surface area contributed by atoms with Crippen LogP contribution >= 0.6 is 0 Å². The molecular formula is C22H42O3. The molecule has 0 bridgehead atoms. The molecule has 1 rings (SSSR count). The van der Waals surface area contributed by atoms with E-state index >= 15 is 0 Å². The molecule has 1 aliphatic rings. The first-order valence-electron chi connectivity index (χ1n) is 11.1. The number of carbonyl (C=O) groups is 1. The Morgan fingerprint density at radius 2 is 1.32 bits per heavy atom. The van der Waals surface area contributed by atoms with Gasteiger partial charge in [-0.3, -0.25) is 4.79 Å². The average Bonchev–Trinajstić information content (AvgIpc) is 2.61. The first-order chi connectivity index (χ1) is 12.2. The topological polar surface area (TPSA) is 46.5 Å². The lowest BCUT2D eigenvalue weighted by atomic mass is 9.93. The molecule has 0 saturated heterocycles. The van der Waals surface area contributed by atoms with E-state index in [4.69, 9.17) is 4.74 Å². The summed E-state index contributed by atoms with van der Waals surface area (Å²) in [7, 11) is 0. The summed E-state index contributed by atoms with van der Waals surface area (Å²) >= 11 is 0. The molecule has 0 radical (unpaired) electrons. The molecule has 3 nitrogen and oxygen atoms in total. The van der Waals surface area contributed by atoms with E-state index in [2.05, 4.69) is 13.8 Å². The highest BCUT2D eigenvalue weighted by atomic mass is 16.5. The number of carbonyl (C=O) groups excluding carboxylic acids is 1. The van der Waals surface area contributed by atoms with Gasteiger partial charge in [0.2, 0.25) is 0 Å². The summed E-state index contributed by atoms with van der Waals surface area (Å²) in [5, 5.41) is 9.60. The summed E-state index contributed by atoms with van der Waals surface area (Å²) in [6.07, 6.45) is 17.5. The maximum atomic E-state index is 12.6. The minimum Gasteiger partial charge on any atom is -0.462 e. The Bertz CT molecular complexity index is 321. The molecule has 1 saturated carbocycles. The number of esters is 1. The Morgan fingerprint density at radius 3 is 1.88 bits per heavy atom. The van der Waals surface area contributed by atoms with E-state index < -0.39 is 0 Å². The minimum atomic E-state index is -0.192. The van der Waals surface area contributed by atoms with Gasteiger partial charge in [0.05, 0.1) is 12.0 Å². The first kappa shape index (κ1) is 22.5. The standard InChI is InChI=1S/C22H42O3/c1-3-5-7-9-10-12-14-19(13-11-8-6-4-2)22(24)25-21-17-15-20(23)16-18-21/h19-21,23H,3-18H2,1-2H3. The third kappa shape index (κ3) is 10.9. The summed E-state index contributed by atoms with van der Waals surface area (Å²) in [5.41, 5.74) is 0. The number of aliphatic hydroxyl groups is 1. The van der Waals surface area contributed by atoms with Gasteiger partial charge in [-0.15, -0.1) is 0 Å². The summed E-state index contributed by atoms with van der Waals surface area (Å²) in [6, 6.07) is 0. The second-order valence-electron chi connectivity index (χ2n) is 7.97. The maximum absolute atomic E-state index is 12.6. The van der Waals surface area contributed by atoms with Crippen molar-refractivity contribution in [2.45, 2.75) is 129 Å². The largest absolute Gasteiger partial charge is 0.462 e. The van der Waals surface area contributed by atoms with Crippen LogP contribution in [0.5, 0.6) is 0 Å². The van der Waals surface area contributed by atoms with E-state index in [1.807, 2.05) is 0 Å². The zero-order valence-corrected chi connectivity index (χ0v) is 16.8. The summed E-state index contributed by atoms with van der Waals surface area (Å²) in [5.74, 6) is 0.126. The second kappa shape index (κ2) is 14.6. The van der Waals surface area contributed by atoms with E-state index in [0.29, 0.717) is 0 Å². The number of hydrogen-bond acceptors (Lipinski definition) is 3. The SMILES string of the molecule is CCCCCCCCC(CCCCCC)C(=O)OC1CCC(O)CC1. The molecule has 1 N–H and O–H groups in total. The van der Waals surface area contributed by atoms with Crippen LogP contribution < -0.4 is 0 Å². The highest BCUT2D eigenvalue weighted by Gasteiger charge is 2.26. The maximum Gasteiger partial charge on any atom is 0.309 e. The van der Waals surface area contributed by atoms with Crippen LogP contribution in [0.2, 0.25) is 0 Å². The van der Waals surface area contributed by atoms with E-state index in [0.717, 1.165) is 51.4 Å². The molecule has 0 amide bonds. The second-order valence-corrected chi connectivity index (χ2v) is 7.97. The first-order valence-corrected chi connectivity index (χ1v) is 11.1. The number of hydrogen-bond donors (Lipinski definition) is 1. The fourth-order valence-corrected chi connectivity index (χ4v) is 3.79. The molecule has 1 unspecified atom stereocenters. The molecular weight excluding hydrogens is 312 g/mol. The normalized spacial score (nSPS) is 21.9. The van der Waals surface area contributed by atoms with Gasteiger partial charge in [0, 0.05) is 0 Å². The van der Waals surface area contributed by atoms with Gasteiger partial charge in [-0.25, -0.2) is 0 Å². The lowest BCUT2D eigenvalue weighted by Crippen LogP contribution is -2.29. The third-order valence-electron chi connectivity index (χ3n) is 5.57. The fraction of sp³-hybridized carbons (Fsp3) is 0.955.